The summed E-state index contributed by atoms with van der Waals surface area (Å²) in [5, 5.41) is 3.36. The van der Waals surface area contributed by atoms with Gasteiger partial charge in [-0.15, -0.1) is 0 Å². The third-order valence-corrected chi connectivity index (χ3v) is 3.85. The van der Waals surface area contributed by atoms with Crippen LogP contribution in [-0.4, -0.2) is 30.1 Å². The van der Waals surface area contributed by atoms with Crippen molar-refractivity contribution in [3.63, 3.8) is 0 Å². The molecule has 5 heteroatoms. The molecule has 1 aliphatic heterocycles. The van der Waals surface area contributed by atoms with Crippen molar-refractivity contribution in [3.05, 3.63) is 41.3 Å². The van der Waals surface area contributed by atoms with Gasteiger partial charge in [0.2, 0.25) is 5.95 Å². The maximum absolute atomic E-state index is 13.2. The average molecular weight is 286 g/mol. The lowest BCUT2D eigenvalue weighted by atomic mass is 10.0. The van der Waals surface area contributed by atoms with Crippen molar-refractivity contribution in [2.45, 2.75) is 19.9 Å². The van der Waals surface area contributed by atoms with Gasteiger partial charge in [0.05, 0.1) is 11.4 Å². The van der Waals surface area contributed by atoms with E-state index in [0.29, 0.717) is 0 Å². The molecule has 0 radical (unpaired) electrons. The van der Waals surface area contributed by atoms with Gasteiger partial charge in [0.1, 0.15) is 5.82 Å². The molecule has 2 heterocycles. The summed E-state index contributed by atoms with van der Waals surface area (Å²) in [6, 6.07) is 6.51. The molecule has 1 N–H and O–H groups in total. The van der Waals surface area contributed by atoms with Crippen molar-refractivity contribution < 1.29 is 4.39 Å². The zero-order valence-electron chi connectivity index (χ0n) is 12.4. The molecule has 0 fully saturated rings. The van der Waals surface area contributed by atoms with E-state index in [4.69, 9.17) is 4.98 Å². The molecule has 1 aromatic carbocycles. The van der Waals surface area contributed by atoms with Gasteiger partial charge in [-0.1, -0.05) is 0 Å². The molecule has 0 saturated carbocycles. The van der Waals surface area contributed by atoms with Crippen molar-refractivity contribution in [1.82, 2.24) is 15.3 Å². The number of halogens is 1. The number of nitrogens with zero attached hydrogens (tertiary/aromatic N) is 3. The van der Waals surface area contributed by atoms with Crippen molar-refractivity contribution in [1.29, 1.82) is 0 Å². The number of anilines is 1. The number of hydrogen-bond donors (Lipinski definition) is 1. The minimum Gasteiger partial charge on any atom is -0.344 e. The van der Waals surface area contributed by atoms with Crippen LogP contribution in [0.3, 0.4) is 0 Å². The molecule has 0 aliphatic carbocycles. The van der Waals surface area contributed by atoms with Crippen LogP contribution < -0.4 is 10.2 Å². The minimum absolute atomic E-state index is 0.231. The van der Waals surface area contributed by atoms with E-state index in [1.54, 1.807) is 12.1 Å². The summed E-state index contributed by atoms with van der Waals surface area (Å²) in [5.74, 6) is 0.503. The predicted molar refractivity (Wildman–Crippen MR) is 81.8 cm³/mol. The van der Waals surface area contributed by atoms with Crippen LogP contribution in [0, 0.1) is 5.82 Å². The molecule has 110 valence electrons. The standard InChI is InChI=1S/C16H19FN4/c1-3-21(2)16-19-14-8-9-18-10-13(14)15(20-16)11-4-6-12(17)7-5-11/h4-7,18H,3,8-10H2,1-2H3. The van der Waals surface area contributed by atoms with Crippen LogP contribution in [0.2, 0.25) is 0 Å². The quantitative estimate of drug-likeness (QED) is 0.940. The lowest BCUT2D eigenvalue weighted by Gasteiger charge is -2.23. The van der Waals surface area contributed by atoms with E-state index in [2.05, 4.69) is 17.2 Å². The maximum atomic E-state index is 13.2. The van der Waals surface area contributed by atoms with E-state index in [1.807, 2.05) is 11.9 Å². The third-order valence-electron chi connectivity index (χ3n) is 3.85. The Hall–Kier alpha value is -2.01. The van der Waals surface area contributed by atoms with Crippen molar-refractivity contribution in [3.8, 4) is 11.3 Å². The summed E-state index contributed by atoms with van der Waals surface area (Å²) >= 11 is 0. The van der Waals surface area contributed by atoms with Crippen molar-refractivity contribution >= 4 is 5.95 Å². The van der Waals surface area contributed by atoms with Gasteiger partial charge in [0, 0.05) is 44.2 Å². The summed E-state index contributed by atoms with van der Waals surface area (Å²) in [7, 11) is 1.98. The molecule has 0 amide bonds. The third kappa shape index (κ3) is 2.74. The van der Waals surface area contributed by atoms with Crippen LogP contribution in [0.4, 0.5) is 10.3 Å². The number of hydrogen-bond acceptors (Lipinski definition) is 4. The zero-order chi connectivity index (χ0) is 14.8. The van der Waals surface area contributed by atoms with E-state index in [-0.39, 0.29) is 5.82 Å². The lowest BCUT2D eigenvalue weighted by molar-refractivity contribution is 0.624. The van der Waals surface area contributed by atoms with E-state index in [1.165, 1.54) is 12.1 Å². The summed E-state index contributed by atoms with van der Waals surface area (Å²) in [6.07, 6.45) is 0.899. The Bertz CT molecular complexity index is 639. The SMILES string of the molecule is CCN(C)c1nc2c(c(-c3ccc(F)cc3)n1)CNCC2. The van der Waals surface area contributed by atoms with Crippen LogP contribution in [0.5, 0.6) is 0 Å². The number of aromatic nitrogens is 2. The number of rotatable bonds is 3. The van der Waals surface area contributed by atoms with Crippen LogP contribution >= 0.6 is 0 Å². The zero-order valence-corrected chi connectivity index (χ0v) is 12.4. The van der Waals surface area contributed by atoms with Gasteiger partial charge in [-0.25, -0.2) is 14.4 Å². The largest absolute Gasteiger partial charge is 0.344 e. The fraction of sp³-hybridized carbons (Fsp3) is 0.375. The average Bonchev–Trinajstić information content (AvgIpc) is 2.54. The molecule has 21 heavy (non-hydrogen) atoms. The highest BCUT2D eigenvalue weighted by Crippen LogP contribution is 2.27. The first-order valence-electron chi connectivity index (χ1n) is 7.26. The first kappa shape index (κ1) is 13.9. The Balaban J connectivity index is 2.14. The van der Waals surface area contributed by atoms with Gasteiger partial charge in [-0.2, -0.15) is 0 Å². The van der Waals surface area contributed by atoms with Crippen LogP contribution in [0.25, 0.3) is 11.3 Å². The second kappa shape index (κ2) is 5.77. The van der Waals surface area contributed by atoms with E-state index < -0.39 is 0 Å². The van der Waals surface area contributed by atoms with Gasteiger partial charge in [-0.3, -0.25) is 0 Å². The van der Waals surface area contributed by atoms with Crippen LogP contribution in [0.1, 0.15) is 18.2 Å². The second-order valence-electron chi connectivity index (χ2n) is 5.25. The lowest BCUT2D eigenvalue weighted by Crippen LogP contribution is -2.28. The number of fused-ring (bicyclic) bond motifs is 1. The van der Waals surface area contributed by atoms with E-state index >= 15 is 0 Å². The Labute approximate surface area is 124 Å². The molecule has 0 unspecified atom stereocenters. The second-order valence-corrected chi connectivity index (χ2v) is 5.25. The highest BCUT2D eigenvalue weighted by Gasteiger charge is 2.19. The molecule has 2 aromatic rings. The molecular formula is C16H19FN4. The Morgan fingerprint density at radius 3 is 2.71 bits per heavy atom. The Morgan fingerprint density at radius 2 is 2.00 bits per heavy atom. The molecule has 3 rings (SSSR count). The highest BCUT2D eigenvalue weighted by atomic mass is 19.1. The summed E-state index contributed by atoms with van der Waals surface area (Å²) in [4.78, 5) is 11.4. The predicted octanol–water partition coefficient (Wildman–Crippen LogP) is 2.38. The smallest absolute Gasteiger partial charge is 0.225 e. The maximum Gasteiger partial charge on any atom is 0.225 e. The van der Waals surface area contributed by atoms with Gasteiger partial charge >= 0.3 is 0 Å². The van der Waals surface area contributed by atoms with Crippen molar-refractivity contribution in [2.24, 2.45) is 0 Å². The summed E-state index contributed by atoms with van der Waals surface area (Å²) in [5.41, 5.74) is 4.06. The molecular weight excluding hydrogens is 267 g/mol. The first-order chi connectivity index (χ1) is 10.2. The molecule has 0 spiro atoms. The molecule has 1 aliphatic rings. The van der Waals surface area contributed by atoms with Gasteiger partial charge in [-0.05, 0) is 31.2 Å². The fourth-order valence-electron chi connectivity index (χ4n) is 2.49. The molecule has 0 bridgehead atoms. The van der Waals surface area contributed by atoms with Gasteiger partial charge < -0.3 is 10.2 Å². The van der Waals surface area contributed by atoms with Gasteiger partial charge in [0.15, 0.2) is 0 Å². The van der Waals surface area contributed by atoms with E-state index in [9.17, 15) is 4.39 Å². The molecule has 4 nitrogen and oxygen atoms in total. The molecule has 1 aromatic heterocycles. The topological polar surface area (TPSA) is 41.1 Å². The monoisotopic (exact) mass is 286 g/mol. The summed E-state index contributed by atoms with van der Waals surface area (Å²) < 4.78 is 13.2. The summed E-state index contributed by atoms with van der Waals surface area (Å²) in [6.45, 7) is 4.61. The van der Waals surface area contributed by atoms with Gasteiger partial charge in [0.25, 0.3) is 0 Å². The number of benzene rings is 1. The minimum atomic E-state index is -0.231. The Kier molecular flexibility index (Phi) is 3.84. The molecule has 0 atom stereocenters. The van der Waals surface area contributed by atoms with Crippen LogP contribution in [0.15, 0.2) is 24.3 Å². The fourth-order valence-corrected chi connectivity index (χ4v) is 2.49. The van der Waals surface area contributed by atoms with E-state index in [0.717, 1.165) is 54.5 Å². The first-order valence-corrected chi connectivity index (χ1v) is 7.26. The van der Waals surface area contributed by atoms with Crippen LogP contribution in [-0.2, 0) is 13.0 Å². The molecule has 0 saturated heterocycles. The Morgan fingerprint density at radius 1 is 1.24 bits per heavy atom. The normalized spacial score (nSPS) is 13.9. The highest BCUT2D eigenvalue weighted by molar-refractivity contribution is 5.66. The van der Waals surface area contributed by atoms with Crippen molar-refractivity contribution in [2.75, 3.05) is 25.0 Å². The number of nitrogens with one attached hydrogen (secondary N) is 1.